The van der Waals surface area contributed by atoms with Gasteiger partial charge in [-0.2, -0.15) is 0 Å². The van der Waals surface area contributed by atoms with E-state index in [-0.39, 0.29) is 23.8 Å². The Hall–Kier alpha value is -2.23. The summed E-state index contributed by atoms with van der Waals surface area (Å²) in [5.41, 5.74) is 0.664. The van der Waals surface area contributed by atoms with Crippen molar-refractivity contribution in [2.45, 2.75) is 38.9 Å². The number of amides is 1. The van der Waals surface area contributed by atoms with Crippen LogP contribution in [-0.2, 0) is 9.47 Å². The van der Waals surface area contributed by atoms with E-state index in [2.05, 4.69) is 24.1 Å². The van der Waals surface area contributed by atoms with Crippen LogP contribution in [-0.4, -0.2) is 85.8 Å². The van der Waals surface area contributed by atoms with Crippen LogP contribution in [0.5, 0.6) is 0 Å². The van der Waals surface area contributed by atoms with Gasteiger partial charge >= 0.3 is 0 Å². The predicted octanol–water partition coefficient (Wildman–Crippen LogP) is 2.61. The molecular weight excluding hydrogens is 400 g/mol. The second kappa shape index (κ2) is 10.9. The third-order valence-electron chi connectivity index (χ3n) is 5.98. The number of benzene rings is 1. The molecule has 9 nitrogen and oxygen atoms in total. The maximum atomic E-state index is 13.0. The molecule has 2 unspecified atom stereocenters. The number of rotatable bonds is 8. The summed E-state index contributed by atoms with van der Waals surface area (Å²) in [6, 6.07) is 4.64. The summed E-state index contributed by atoms with van der Waals surface area (Å²) < 4.78 is 10.8. The van der Waals surface area contributed by atoms with Crippen molar-refractivity contribution >= 4 is 17.3 Å². The van der Waals surface area contributed by atoms with E-state index < -0.39 is 4.92 Å². The zero-order valence-electron chi connectivity index (χ0n) is 18.7. The number of nitrogens with zero attached hydrogens (tertiary/aromatic N) is 3. The number of piperidine rings is 1. The topological polar surface area (TPSA) is 97.2 Å². The molecule has 0 radical (unpaired) electrons. The first-order valence-electron chi connectivity index (χ1n) is 11.1. The quantitative estimate of drug-likeness (QED) is 0.382. The molecule has 1 N–H and O–H groups in total. The fraction of sp³-hybridized carbons (Fsp3) is 0.682. The van der Waals surface area contributed by atoms with Gasteiger partial charge in [0.1, 0.15) is 5.69 Å². The van der Waals surface area contributed by atoms with Gasteiger partial charge in [-0.1, -0.05) is 0 Å². The predicted molar refractivity (Wildman–Crippen MR) is 119 cm³/mol. The normalized spacial score (nSPS) is 23.0. The van der Waals surface area contributed by atoms with Crippen molar-refractivity contribution in [3.8, 4) is 0 Å². The molecule has 2 aliphatic rings. The zero-order valence-corrected chi connectivity index (χ0v) is 18.7. The van der Waals surface area contributed by atoms with Crippen LogP contribution in [0.3, 0.4) is 0 Å². The Morgan fingerprint density at radius 1 is 1.26 bits per heavy atom. The number of nitrogens with one attached hydrogen (secondary N) is 1. The lowest BCUT2D eigenvalue weighted by atomic mass is 9.95. The van der Waals surface area contributed by atoms with E-state index in [4.69, 9.17) is 9.47 Å². The highest BCUT2D eigenvalue weighted by atomic mass is 16.6. The van der Waals surface area contributed by atoms with Gasteiger partial charge in [0, 0.05) is 58.0 Å². The minimum atomic E-state index is -0.456. The molecule has 2 atom stereocenters. The van der Waals surface area contributed by atoms with E-state index >= 15 is 0 Å². The first kappa shape index (κ1) is 23.4. The van der Waals surface area contributed by atoms with Gasteiger partial charge in [0.2, 0.25) is 0 Å². The lowest BCUT2D eigenvalue weighted by Crippen LogP contribution is -2.48. The van der Waals surface area contributed by atoms with Crippen molar-refractivity contribution in [3.63, 3.8) is 0 Å². The molecule has 0 saturated carbocycles. The van der Waals surface area contributed by atoms with Crippen LogP contribution in [0.15, 0.2) is 18.2 Å². The second-order valence-electron chi connectivity index (χ2n) is 8.62. The Morgan fingerprint density at radius 3 is 2.55 bits per heavy atom. The summed E-state index contributed by atoms with van der Waals surface area (Å²) in [6.45, 7) is 9.43. The van der Waals surface area contributed by atoms with Gasteiger partial charge in [-0.15, -0.1) is 0 Å². The Bertz CT molecular complexity index is 756. The Labute approximate surface area is 183 Å². The second-order valence-corrected chi connectivity index (χ2v) is 8.62. The number of anilines is 1. The molecule has 172 valence electrons. The molecule has 1 amide bonds. The molecule has 0 spiro atoms. The molecular formula is C22H34N4O5. The van der Waals surface area contributed by atoms with E-state index in [9.17, 15) is 14.9 Å². The van der Waals surface area contributed by atoms with Crippen LogP contribution in [0, 0.1) is 16.0 Å². The third kappa shape index (κ3) is 6.38. The monoisotopic (exact) mass is 434 g/mol. The molecule has 2 fully saturated rings. The Morgan fingerprint density at radius 2 is 1.94 bits per heavy atom. The van der Waals surface area contributed by atoms with Crippen LogP contribution in [0.2, 0.25) is 0 Å². The number of morpholine rings is 1. The van der Waals surface area contributed by atoms with Crippen LogP contribution in [0.1, 0.15) is 37.0 Å². The molecule has 2 heterocycles. The van der Waals surface area contributed by atoms with Gasteiger partial charge in [0.25, 0.3) is 11.6 Å². The lowest BCUT2D eigenvalue weighted by Gasteiger charge is -2.39. The largest absolute Gasteiger partial charge is 0.383 e. The highest BCUT2D eigenvalue weighted by molar-refractivity contribution is 5.95. The minimum absolute atomic E-state index is 0.0904. The lowest BCUT2D eigenvalue weighted by molar-refractivity contribution is -0.384. The highest BCUT2D eigenvalue weighted by Crippen LogP contribution is 2.27. The molecule has 0 aromatic heterocycles. The van der Waals surface area contributed by atoms with Crippen molar-refractivity contribution in [2.24, 2.45) is 5.92 Å². The molecule has 2 aliphatic heterocycles. The number of nitro benzene ring substituents is 1. The average molecular weight is 435 g/mol. The van der Waals surface area contributed by atoms with Crippen LogP contribution < -0.4 is 5.32 Å². The van der Waals surface area contributed by atoms with E-state index in [1.54, 1.807) is 19.2 Å². The van der Waals surface area contributed by atoms with E-state index in [0.717, 1.165) is 32.5 Å². The standard InChI is InChI=1S/C22H34N4O5/c1-16-13-24(14-17(2)31-16)15-18-6-9-25(10-7-18)22(27)19-4-5-20(23-8-11-30-3)21(12-19)26(28)29/h4-5,12,16-18,23H,6-11,13-15H2,1-3H3. The number of likely N-dealkylation sites (tertiary alicyclic amines) is 1. The van der Waals surface area contributed by atoms with Crippen molar-refractivity contribution in [1.82, 2.24) is 9.80 Å². The number of carbonyl (C=O) groups excluding carboxylic acids is 1. The molecule has 1 aromatic rings. The fourth-order valence-corrected chi connectivity index (χ4v) is 4.55. The summed E-state index contributed by atoms with van der Waals surface area (Å²) in [7, 11) is 1.57. The molecule has 2 saturated heterocycles. The smallest absolute Gasteiger partial charge is 0.293 e. The van der Waals surface area contributed by atoms with Crippen LogP contribution in [0.25, 0.3) is 0 Å². The number of nitro groups is 1. The van der Waals surface area contributed by atoms with Gasteiger partial charge in [-0.05, 0) is 44.7 Å². The molecule has 0 aliphatic carbocycles. The van der Waals surface area contributed by atoms with Crippen molar-refractivity contribution in [1.29, 1.82) is 0 Å². The third-order valence-corrected chi connectivity index (χ3v) is 5.98. The maximum absolute atomic E-state index is 13.0. The van der Waals surface area contributed by atoms with E-state index in [1.807, 2.05) is 4.90 Å². The van der Waals surface area contributed by atoms with E-state index in [1.165, 1.54) is 6.07 Å². The molecule has 3 rings (SSSR count). The average Bonchev–Trinajstić information content (AvgIpc) is 2.73. The molecule has 31 heavy (non-hydrogen) atoms. The Kier molecular flexibility index (Phi) is 8.22. The van der Waals surface area contributed by atoms with Gasteiger partial charge in [-0.25, -0.2) is 0 Å². The highest BCUT2D eigenvalue weighted by Gasteiger charge is 2.29. The van der Waals surface area contributed by atoms with Crippen LogP contribution >= 0.6 is 0 Å². The van der Waals surface area contributed by atoms with Crippen LogP contribution in [0.4, 0.5) is 11.4 Å². The minimum Gasteiger partial charge on any atom is -0.383 e. The Balaban J connectivity index is 1.56. The van der Waals surface area contributed by atoms with Gasteiger partial charge < -0.3 is 19.7 Å². The molecule has 0 bridgehead atoms. The zero-order chi connectivity index (χ0) is 22.4. The maximum Gasteiger partial charge on any atom is 0.293 e. The summed E-state index contributed by atoms with van der Waals surface area (Å²) in [6.07, 6.45) is 2.41. The molecule has 9 heteroatoms. The molecule has 1 aromatic carbocycles. The van der Waals surface area contributed by atoms with Crippen molar-refractivity contribution in [2.75, 3.05) is 58.3 Å². The van der Waals surface area contributed by atoms with Crippen molar-refractivity contribution < 1.29 is 19.2 Å². The number of ether oxygens (including phenoxy) is 2. The summed E-state index contributed by atoms with van der Waals surface area (Å²) in [5.74, 6) is 0.418. The summed E-state index contributed by atoms with van der Waals surface area (Å²) >= 11 is 0. The van der Waals surface area contributed by atoms with Gasteiger partial charge in [-0.3, -0.25) is 19.8 Å². The SMILES string of the molecule is COCCNc1ccc(C(=O)N2CCC(CN3CC(C)OC(C)C3)CC2)cc1[N+](=O)[O-]. The number of hydrogen-bond acceptors (Lipinski definition) is 7. The van der Waals surface area contributed by atoms with E-state index in [0.29, 0.717) is 43.4 Å². The fourth-order valence-electron chi connectivity index (χ4n) is 4.55. The number of hydrogen-bond donors (Lipinski definition) is 1. The van der Waals surface area contributed by atoms with Gasteiger partial charge in [0.15, 0.2) is 0 Å². The summed E-state index contributed by atoms with van der Waals surface area (Å²) in [5, 5.41) is 14.5. The first-order chi connectivity index (χ1) is 14.9. The van der Waals surface area contributed by atoms with Gasteiger partial charge in [0.05, 0.1) is 23.7 Å². The first-order valence-corrected chi connectivity index (χ1v) is 11.1. The number of carbonyl (C=O) groups is 1. The number of methoxy groups -OCH3 is 1. The summed E-state index contributed by atoms with van der Waals surface area (Å²) in [4.78, 5) is 28.3. The van der Waals surface area contributed by atoms with Crippen molar-refractivity contribution in [3.05, 3.63) is 33.9 Å².